The van der Waals surface area contributed by atoms with Crippen LogP contribution in [0, 0.1) is 0 Å². The smallest absolute Gasteiger partial charge is 0.182 e. The largest absolute Gasteiger partial charge is 0.253 e. The second-order valence-corrected chi connectivity index (χ2v) is 7.39. The zero-order valence-corrected chi connectivity index (χ0v) is 16.9. The molecule has 3 aromatic carbocycles. The Bertz CT molecular complexity index is 1250. The van der Waals surface area contributed by atoms with E-state index in [9.17, 15) is 0 Å². The number of pyridine rings is 1. The zero-order valence-electron chi connectivity index (χ0n) is 15.3. The van der Waals surface area contributed by atoms with Gasteiger partial charge >= 0.3 is 0 Å². The fourth-order valence-corrected chi connectivity index (χ4v) is 3.81. The third-order valence-electron chi connectivity index (χ3n) is 4.66. The molecule has 2 heterocycles. The van der Waals surface area contributed by atoms with E-state index in [4.69, 9.17) is 15.0 Å². The van der Waals surface area contributed by atoms with E-state index in [-0.39, 0.29) is 0 Å². The molecule has 0 atom stereocenters. The summed E-state index contributed by atoms with van der Waals surface area (Å²) in [7, 11) is 0. The Hall–Kier alpha value is -3.44. The highest BCUT2D eigenvalue weighted by Gasteiger charge is 2.16. The lowest BCUT2D eigenvalue weighted by molar-refractivity contribution is 1.06. The molecule has 4 nitrogen and oxygen atoms in total. The summed E-state index contributed by atoms with van der Waals surface area (Å²) in [6, 6.07) is 28.0. The SMILES string of the molecule is Brc1ccc2ccccc2c1-c1nc(-c2ccccc2)nc(-c2ccccn2)n1. The van der Waals surface area contributed by atoms with Crippen LogP contribution in [0.3, 0.4) is 0 Å². The molecule has 5 aromatic rings. The summed E-state index contributed by atoms with van der Waals surface area (Å²) >= 11 is 3.70. The normalized spacial score (nSPS) is 10.9. The van der Waals surface area contributed by atoms with Crippen molar-refractivity contribution in [3.63, 3.8) is 0 Å². The molecule has 0 aliphatic carbocycles. The molecule has 0 N–H and O–H groups in total. The predicted octanol–water partition coefficient (Wildman–Crippen LogP) is 6.18. The molecule has 0 fully saturated rings. The molecule has 0 saturated carbocycles. The van der Waals surface area contributed by atoms with E-state index in [1.165, 1.54) is 0 Å². The predicted molar refractivity (Wildman–Crippen MR) is 119 cm³/mol. The number of fused-ring (bicyclic) bond motifs is 1. The molecular weight excluding hydrogens is 424 g/mol. The third-order valence-corrected chi connectivity index (χ3v) is 5.32. The van der Waals surface area contributed by atoms with Gasteiger partial charge in [-0.2, -0.15) is 0 Å². The summed E-state index contributed by atoms with van der Waals surface area (Å²) in [5.41, 5.74) is 2.59. The van der Waals surface area contributed by atoms with Gasteiger partial charge in [0.25, 0.3) is 0 Å². The molecule has 5 heteroatoms. The van der Waals surface area contributed by atoms with Gasteiger partial charge in [0, 0.05) is 21.8 Å². The summed E-state index contributed by atoms with van der Waals surface area (Å²) in [6.07, 6.45) is 1.74. The van der Waals surface area contributed by atoms with E-state index >= 15 is 0 Å². The molecule has 0 spiro atoms. The van der Waals surface area contributed by atoms with Crippen LogP contribution in [0.1, 0.15) is 0 Å². The second-order valence-electron chi connectivity index (χ2n) is 6.53. The first kappa shape index (κ1) is 17.6. The van der Waals surface area contributed by atoms with Crippen LogP contribution >= 0.6 is 15.9 Å². The van der Waals surface area contributed by atoms with Crippen molar-refractivity contribution < 1.29 is 0 Å². The fraction of sp³-hybridized carbons (Fsp3) is 0. The summed E-state index contributed by atoms with van der Waals surface area (Å²) in [4.78, 5) is 18.8. The summed E-state index contributed by atoms with van der Waals surface area (Å²) in [6.45, 7) is 0. The average molecular weight is 439 g/mol. The Morgan fingerprint density at radius 1 is 0.586 bits per heavy atom. The fourth-order valence-electron chi connectivity index (χ4n) is 3.29. The Morgan fingerprint density at radius 3 is 2.14 bits per heavy atom. The molecule has 0 saturated heterocycles. The van der Waals surface area contributed by atoms with Crippen LogP contribution in [-0.2, 0) is 0 Å². The van der Waals surface area contributed by atoms with Gasteiger partial charge in [0.05, 0.1) is 0 Å². The van der Waals surface area contributed by atoms with Crippen LogP contribution in [-0.4, -0.2) is 19.9 Å². The molecular formula is C24H15BrN4. The number of benzene rings is 3. The average Bonchev–Trinajstić information content (AvgIpc) is 2.80. The highest BCUT2D eigenvalue weighted by molar-refractivity contribution is 9.10. The van der Waals surface area contributed by atoms with Crippen LogP contribution in [0.5, 0.6) is 0 Å². The van der Waals surface area contributed by atoms with E-state index in [1.807, 2.05) is 66.7 Å². The lowest BCUT2D eigenvalue weighted by Crippen LogP contribution is -2.01. The Labute approximate surface area is 176 Å². The number of nitrogens with zero attached hydrogens (tertiary/aromatic N) is 4. The van der Waals surface area contributed by atoms with Crippen LogP contribution < -0.4 is 0 Å². The standard InChI is InChI=1S/C24H15BrN4/c25-19-14-13-16-8-4-5-11-18(16)21(19)24-28-22(17-9-2-1-3-10-17)27-23(29-24)20-12-6-7-15-26-20/h1-15H. The van der Waals surface area contributed by atoms with Crippen molar-refractivity contribution in [2.24, 2.45) is 0 Å². The Balaban J connectivity index is 1.81. The van der Waals surface area contributed by atoms with Crippen LogP contribution in [0.15, 0.2) is 95.6 Å². The minimum Gasteiger partial charge on any atom is -0.253 e. The first-order chi connectivity index (χ1) is 14.3. The van der Waals surface area contributed by atoms with Crippen molar-refractivity contribution in [2.45, 2.75) is 0 Å². The Morgan fingerprint density at radius 2 is 1.31 bits per heavy atom. The van der Waals surface area contributed by atoms with Gasteiger partial charge in [-0.05, 0) is 29.0 Å². The van der Waals surface area contributed by atoms with Crippen LogP contribution in [0.25, 0.3) is 45.1 Å². The van der Waals surface area contributed by atoms with Gasteiger partial charge in [-0.1, -0.05) is 82.7 Å². The molecule has 29 heavy (non-hydrogen) atoms. The maximum atomic E-state index is 4.83. The molecule has 0 radical (unpaired) electrons. The van der Waals surface area contributed by atoms with Crippen molar-refractivity contribution in [1.82, 2.24) is 19.9 Å². The topological polar surface area (TPSA) is 51.6 Å². The van der Waals surface area contributed by atoms with Crippen molar-refractivity contribution in [3.05, 3.63) is 95.6 Å². The van der Waals surface area contributed by atoms with Crippen molar-refractivity contribution in [3.8, 4) is 34.3 Å². The van der Waals surface area contributed by atoms with Gasteiger partial charge in [0.2, 0.25) is 0 Å². The molecule has 138 valence electrons. The van der Waals surface area contributed by atoms with Gasteiger partial charge < -0.3 is 0 Å². The van der Waals surface area contributed by atoms with Crippen molar-refractivity contribution in [2.75, 3.05) is 0 Å². The summed E-state index contributed by atoms with van der Waals surface area (Å²) < 4.78 is 0.938. The third kappa shape index (κ3) is 3.41. The molecule has 0 unspecified atom stereocenters. The van der Waals surface area contributed by atoms with Gasteiger partial charge in [-0.15, -0.1) is 0 Å². The minimum absolute atomic E-state index is 0.550. The molecule has 2 aromatic heterocycles. The van der Waals surface area contributed by atoms with E-state index in [0.29, 0.717) is 23.2 Å². The molecule has 0 aliphatic heterocycles. The number of rotatable bonds is 3. The van der Waals surface area contributed by atoms with E-state index < -0.39 is 0 Å². The maximum absolute atomic E-state index is 4.83. The zero-order chi connectivity index (χ0) is 19.6. The number of hydrogen-bond acceptors (Lipinski definition) is 4. The first-order valence-corrected chi connectivity index (χ1v) is 9.99. The first-order valence-electron chi connectivity index (χ1n) is 9.20. The lowest BCUT2D eigenvalue weighted by Gasteiger charge is -2.11. The number of aromatic nitrogens is 4. The molecule has 5 rings (SSSR count). The minimum atomic E-state index is 0.550. The van der Waals surface area contributed by atoms with Gasteiger partial charge in [-0.3, -0.25) is 4.98 Å². The van der Waals surface area contributed by atoms with E-state index in [0.717, 1.165) is 26.4 Å². The maximum Gasteiger partial charge on any atom is 0.182 e. The number of halogens is 1. The van der Waals surface area contributed by atoms with E-state index in [2.05, 4.69) is 39.1 Å². The molecule has 0 bridgehead atoms. The van der Waals surface area contributed by atoms with Gasteiger partial charge in [0.1, 0.15) is 5.69 Å². The monoisotopic (exact) mass is 438 g/mol. The van der Waals surface area contributed by atoms with Gasteiger partial charge in [0.15, 0.2) is 17.5 Å². The van der Waals surface area contributed by atoms with Crippen LogP contribution in [0.4, 0.5) is 0 Å². The Kier molecular flexibility index (Phi) is 4.58. The highest BCUT2D eigenvalue weighted by atomic mass is 79.9. The molecule has 0 aliphatic rings. The quantitative estimate of drug-likeness (QED) is 0.337. The summed E-state index contributed by atoms with van der Waals surface area (Å²) in [5, 5.41) is 2.21. The highest BCUT2D eigenvalue weighted by Crippen LogP contribution is 2.35. The van der Waals surface area contributed by atoms with Crippen molar-refractivity contribution in [1.29, 1.82) is 0 Å². The second kappa shape index (κ2) is 7.53. The van der Waals surface area contributed by atoms with Gasteiger partial charge in [-0.25, -0.2) is 15.0 Å². The number of hydrogen-bond donors (Lipinski definition) is 0. The van der Waals surface area contributed by atoms with Crippen molar-refractivity contribution >= 4 is 26.7 Å². The summed E-state index contributed by atoms with van der Waals surface area (Å²) in [5.74, 6) is 1.79. The van der Waals surface area contributed by atoms with Crippen LogP contribution in [0.2, 0.25) is 0 Å². The lowest BCUT2D eigenvalue weighted by atomic mass is 10.0. The molecule has 0 amide bonds. The van der Waals surface area contributed by atoms with E-state index in [1.54, 1.807) is 6.20 Å².